The average Bonchev–Trinajstić information content (AvgIpc) is 2.99. The lowest BCUT2D eigenvalue weighted by atomic mass is 10.2. The first-order valence-corrected chi connectivity index (χ1v) is 7.38. The largest absolute Gasteiger partial charge is 0.370 e. The average molecular weight is 266 g/mol. The van der Waals surface area contributed by atoms with E-state index in [1.807, 2.05) is 0 Å². The Balaban J connectivity index is 1.90. The number of aryl methyl sites for hydroxylation is 1. The number of ether oxygens (including phenoxy) is 1. The number of nitrogens with zero attached hydrogens (tertiary/aromatic N) is 1. The van der Waals surface area contributed by atoms with Crippen molar-refractivity contribution in [2.24, 2.45) is 0 Å². The normalized spacial score (nSPS) is 20.6. The van der Waals surface area contributed by atoms with Crippen LogP contribution in [0, 0.1) is 6.92 Å². The van der Waals surface area contributed by atoms with Crippen LogP contribution < -0.4 is 5.32 Å². The van der Waals surface area contributed by atoms with Crippen LogP contribution in [0.1, 0.15) is 16.7 Å². The number of hydrogen-bond acceptors (Lipinski definition) is 5. The first-order valence-electron chi connectivity index (χ1n) is 5.68. The van der Waals surface area contributed by atoms with Crippen molar-refractivity contribution in [3.8, 4) is 9.88 Å². The van der Waals surface area contributed by atoms with Gasteiger partial charge in [0.1, 0.15) is 11.1 Å². The molecule has 5 heteroatoms. The van der Waals surface area contributed by atoms with Crippen molar-refractivity contribution >= 4 is 22.7 Å². The third kappa shape index (κ3) is 2.28. The zero-order chi connectivity index (χ0) is 11.7. The van der Waals surface area contributed by atoms with Gasteiger partial charge in [-0.15, -0.1) is 22.7 Å². The minimum Gasteiger partial charge on any atom is -0.370 e. The molecule has 0 radical (unpaired) electrons. The van der Waals surface area contributed by atoms with Gasteiger partial charge in [0, 0.05) is 13.1 Å². The Kier molecular flexibility index (Phi) is 3.24. The quantitative estimate of drug-likeness (QED) is 0.907. The molecule has 1 saturated heterocycles. The highest BCUT2D eigenvalue weighted by atomic mass is 32.1. The van der Waals surface area contributed by atoms with Crippen molar-refractivity contribution in [2.45, 2.75) is 13.0 Å². The number of thiazole rings is 1. The summed E-state index contributed by atoms with van der Waals surface area (Å²) in [7, 11) is 0. The van der Waals surface area contributed by atoms with Crippen LogP contribution in [0.2, 0.25) is 0 Å². The number of morpholine rings is 1. The summed E-state index contributed by atoms with van der Waals surface area (Å²) in [6.07, 6.45) is 0.176. The maximum Gasteiger partial charge on any atom is 0.133 e. The zero-order valence-electron chi connectivity index (χ0n) is 9.60. The maximum absolute atomic E-state index is 5.79. The van der Waals surface area contributed by atoms with Crippen molar-refractivity contribution in [1.82, 2.24) is 10.3 Å². The van der Waals surface area contributed by atoms with E-state index in [1.165, 1.54) is 9.75 Å². The monoisotopic (exact) mass is 266 g/mol. The summed E-state index contributed by atoms with van der Waals surface area (Å²) in [5, 5.41) is 6.56. The van der Waals surface area contributed by atoms with Crippen molar-refractivity contribution in [1.29, 1.82) is 0 Å². The first kappa shape index (κ1) is 11.3. The minimum atomic E-state index is 0.176. The summed E-state index contributed by atoms with van der Waals surface area (Å²) >= 11 is 3.49. The predicted molar refractivity (Wildman–Crippen MR) is 71.7 cm³/mol. The van der Waals surface area contributed by atoms with E-state index in [1.54, 1.807) is 22.7 Å². The van der Waals surface area contributed by atoms with Crippen LogP contribution in [-0.4, -0.2) is 24.7 Å². The van der Waals surface area contributed by atoms with Crippen molar-refractivity contribution < 1.29 is 4.74 Å². The predicted octanol–water partition coefficient (Wildman–Crippen LogP) is 2.84. The van der Waals surface area contributed by atoms with E-state index in [-0.39, 0.29) is 6.10 Å². The second-order valence-electron chi connectivity index (χ2n) is 4.01. The second-order valence-corrected chi connectivity index (χ2v) is 5.99. The van der Waals surface area contributed by atoms with E-state index in [0.29, 0.717) is 0 Å². The Morgan fingerprint density at radius 2 is 2.47 bits per heavy atom. The van der Waals surface area contributed by atoms with Crippen LogP contribution in [0.15, 0.2) is 17.5 Å². The summed E-state index contributed by atoms with van der Waals surface area (Å²) < 4.78 is 5.79. The molecule has 0 saturated carbocycles. The van der Waals surface area contributed by atoms with E-state index in [0.717, 1.165) is 30.4 Å². The molecule has 0 amide bonds. The van der Waals surface area contributed by atoms with Crippen LogP contribution >= 0.6 is 22.7 Å². The Hall–Kier alpha value is -0.750. The number of thiophene rings is 1. The molecule has 0 spiro atoms. The third-order valence-corrected chi connectivity index (χ3v) is 5.07. The van der Waals surface area contributed by atoms with Crippen molar-refractivity contribution in [3.05, 3.63) is 28.1 Å². The van der Waals surface area contributed by atoms with E-state index in [2.05, 4.69) is 34.7 Å². The summed E-state index contributed by atoms with van der Waals surface area (Å²) in [5.41, 5.74) is 1.10. The molecule has 2 aromatic rings. The van der Waals surface area contributed by atoms with Crippen LogP contribution in [-0.2, 0) is 4.74 Å². The molecule has 1 atom stereocenters. The zero-order valence-corrected chi connectivity index (χ0v) is 11.2. The first-order chi connectivity index (χ1) is 8.34. The Labute approximate surface area is 108 Å². The lowest BCUT2D eigenvalue weighted by molar-refractivity contribution is 0.0295. The molecule has 3 heterocycles. The molecule has 0 aromatic carbocycles. The molecule has 3 rings (SSSR count). The molecular formula is C12H14N2OS2. The van der Waals surface area contributed by atoms with Gasteiger partial charge in [0.25, 0.3) is 0 Å². The second kappa shape index (κ2) is 4.86. The molecule has 1 fully saturated rings. The van der Waals surface area contributed by atoms with Gasteiger partial charge in [0.2, 0.25) is 0 Å². The molecule has 1 aliphatic rings. The maximum atomic E-state index is 5.79. The van der Waals surface area contributed by atoms with E-state index < -0.39 is 0 Å². The number of hydrogen-bond donors (Lipinski definition) is 1. The highest BCUT2D eigenvalue weighted by Gasteiger charge is 2.21. The smallest absolute Gasteiger partial charge is 0.133 e. The molecule has 90 valence electrons. The molecule has 0 bridgehead atoms. The van der Waals surface area contributed by atoms with Gasteiger partial charge in [0.15, 0.2) is 0 Å². The Morgan fingerprint density at radius 1 is 1.53 bits per heavy atom. The fourth-order valence-corrected chi connectivity index (χ4v) is 3.86. The minimum absolute atomic E-state index is 0.176. The molecule has 0 aliphatic carbocycles. The van der Waals surface area contributed by atoms with Gasteiger partial charge in [-0.2, -0.15) is 0 Å². The van der Waals surface area contributed by atoms with Gasteiger partial charge in [-0.25, -0.2) is 4.98 Å². The number of aromatic nitrogens is 1. The van der Waals surface area contributed by atoms with Gasteiger partial charge < -0.3 is 10.1 Å². The van der Waals surface area contributed by atoms with Gasteiger partial charge >= 0.3 is 0 Å². The number of nitrogens with one attached hydrogen (secondary N) is 1. The summed E-state index contributed by atoms with van der Waals surface area (Å²) in [5.74, 6) is 0. The highest BCUT2D eigenvalue weighted by molar-refractivity contribution is 7.21. The molecule has 2 aromatic heterocycles. The van der Waals surface area contributed by atoms with Gasteiger partial charge in [-0.05, 0) is 18.4 Å². The standard InChI is InChI=1S/C12H14N2OS2/c1-8-11(9-7-13-4-5-15-9)17-12(14-8)10-3-2-6-16-10/h2-3,6,9,13H,4-5,7H2,1H3. The summed E-state index contributed by atoms with van der Waals surface area (Å²) in [6, 6.07) is 4.18. The molecule has 1 unspecified atom stereocenters. The van der Waals surface area contributed by atoms with E-state index >= 15 is 0 Å². The summed E-state index contributed by atoms with van der Waals surface area (Å²) in [4.78, 5) is 7.16. The molecule has 1 aliphatic heterocycles. The van der Waals surface area contributed by atoms with Crippen LogP contribution in [0.3, 0.4) is 0 Å². The van der Waals surface area contributed by atoms with Crippen LogP contribution in [0.4, 0.5) is 0 Å². The van der Waals surface area contributed by atoms with E-state index in [4.69, 9.17) is 4.74 Å². The third-order valence-electron chi connectivity index (χ3n) is 2.78. The van der Waals surface area contributed by atoms with Gasteiger partial charge in [-0.1, -0.05) is 6.07 Å². The van der Waals surface area contributed by atoms with Gasteiger partial charge in [-0.3, -0.25) is 0 Å². The highest BCUT2D eigenvalue weighted by Crippen LogP contribution is 2.35. The fourth-order valence-electron chi connectivity index (χ4n) is 1.95. The Bertz CT molecular complexity index is 487. The van der Waals surface area contributed by atoms with Crippen molar-refractivity contribution in [2.75, 3.05) is 19.7 Å². The fraction of sp³-hybridized carbons (Fsp3) is 0.417. The number of rotatable bonds is 2. The SMILES string of the molecule is Cc1nc(-c2cccs2)sc1C1CNCCO1. The van der Waals surface area contributed by atoms with Gasteiger partial charge in [0.05, 0.1) is 22.1 Å². The topological polar surface area (TPSA) is 34.2 Å². The molecule has 3 nitrogen and oxygen atoms in total. The van der Waals surface area contributed by atoms with Crippen molar-refractivity contribution in [3.63, 3.8) is 0 Å². The lowest BCUT2D eigenvalue weighted by Gasteiger charge is -2.22. The molecule has 1 N–H and O–H groups in total. The van der Waals surface area contributed by atoms with E-state index in [9.17, 15) is 0 Å². The van der Waals surface area contributed by atoms with Crippen LogP contribution in [0.25, 0.3) is 9.88 Å². The molecular weight excluding hydrogens is 252 g/mol. The summed E-state index contributed by atoms with van der Waals surface area (Å²) in [6.45, 7) is 4.70. The lowest BCUT2D eigenvalue weighted by Crippen LogP contribution is -2.33. The van der Waals surface area contributed by atoms with Crippen LogP contribution in [0.5, 0.6) is 0 Å². The molecule has 17 heavy (non-hydrogen) atoms. The Morgan fingerprint density at radius 3 is 3.18 bits per heavy atom.